The van der Waals surface area contributed by atoms with Gasteiger partial charge < -0.3 is 5.32 Å². The predicted octanol–water partition coefficient (Wildman–Crippen LogP) is 3.21. The molecule has 0 aliphatic carbocycles. The second-order valence-corrected chi connectivity index (χ2v) is 8.76. The van der Waals surface area contributed by atoms with Crippen LogP contribution in [0.3, 0.4) is 0 Å². The van der Waals surface area contributed by atoms with Crippen molar-refractivity contribution < 1.29 is 0 Å². The zero-order valence-electron chi connectivity index (χ0n) is 21.1. The van der Waals surface area contributed by atoms with Gasteiger partial charge in [-0.2, -0.15) is 4.98 Å². The van der Waals surface area contributed by atoms with E-state index in [1.165, 1.54) is 32.1 Å². The van der Waals surface area contributed by atoms with E-state index in [9.17, 15) is 14.4 Å². The van der Waals surface area contributed by atoms with Gasteiger partial charge in [0.25, 0.3) is 16.7 Å². The average molecular weight is 531 g/mol. The monoisotopic (exact) mass is 530 g/mol. The van der Waals surface area contributed by atoms with Crippen LogP contribution in [0.2, 0.25) is 0 Å². The standard InChI is InChI=1S/C29H22N8O3/c1-2-16-36-28(40)22-19-30-29(31-20-12-14-21(15-13-20)34-17-5-3-10-25(34)38)33-27(22)37(36)24-9-7-8-23(32-24)35-18-6-4-11-26(35)39/h2-15,17-19H,1,16H2,(H,30,31,33). The minimum atomic E-state index is -0.303. The maximum absolute atomic E-state index is 13.3. The van der Waals surface area contributed by atoms with Crippen molar-refractivity contribution in [1.82, 2.24) is 33.4 Å². The van der Waals surface area contributed by atoms with Crippen LogP contribution in [0.1, 0.15) is 0 Å². The van der Waals surface area contributed by atoms with Gasteiger partial charge in [-0.1, -0.05) is 24.3 Å². The predicted molar refractivity (Wildman–Crippen MR) is 152 cm³/mol. The van der Waals surface area contributed by atoms with Gasteiger partial charge in [-0.15, -0.1) is 6.58 Å². The van der Waals surface area contributed by atoms with Gasteiger partial charge in [0, 0.05) is 42.1 Å². The Hall–Kier alpha value is -5.84. The summed E-state index contributed by atoms with van der Waals surface area (Å²) in [7, 11) is 0. The highest BCUT2D eigenvalue weighted by Gasteiger charge is 2.18. The van der Waals surface area contributed by atoms with Crippen LogP contribution >= 0.6 is 0 Å². The van der Waals surface area contributed by atoms with Crippen molar-refractivity contribution in [1.29, 1.82) is 0 Å². The average Bonchev–Trinajstić information content (AvgIpc) is 3.25. The Balaban J connectivity index is 1.42. The summed E-state index contributed by atoms with van der Waals surface area (Å²) in [4.78, 5) is 51.5. The Bertz CT molecular complexity index is 2050. The first-order valence-electron chi connectivity index (χ1n) is 12.3. The van der Waals surface area contributed by atoms with Gasteiger partial charge in [-0.3, -0.25) is 23.5 Å². The highest BCUT2D eigenvalue weighted by Crippen LogP contribution is 2.20. The molecule has 1 N–H and O–H groups in total. The van der Waals surface area contributed by atoms with Crippen LogP contribution in [-0.4, -0.2) is 33.4 Å². The molecule has 196 valence electrons. The first-order chi connectivity index (χ1) is 19.5. The molecule has 0 radical (unpaired) electrons. The van der Waals surface area contributed by atoms with Gasteiger partial charge in [-0.05, 0) is 48.5 Å². The molecular weight excluding hydrogens is 508 g/mol. The van der Waals surface area contributed by atoms with Crippen LogP contribution in [0.4, 0.5) is 11.6 Å². The van der Waals surface area contributed by atoms with Crippen molar-refractivity contribution in [3.63, 3.8) is 0 Å². The molecule has 0 atom stereocenters. The number of fused-ring (bicyclic) bond motifs is 1. The first kappa shape index (κ1) is 24.5. The summed E-state index contributed by atoms with van der Waals surface area (Å²) in [6.45, 7) is 3.98. The number of hydrogen-bond donors (Lipinski definition) is 1. The number of allylic oxidation sites excluding steroid dienone is 1. The quantitative estimate of drug-likeness (QED) is 0.315. The Morgan fingerprint density at radius 2 is 1.48 bits per heavy atom. The summed E-state index contributed by atoms with van der Waals surface area (Å²) in [5.41, 5.74) is 1.07. The number of nitrogens with one attached hydrogen (secondary N) is 1. The molecule has 6 rings (SSSR count). The fourth-order valence-corrected chi connectivity index (χ4v) is 4.36. The van der Waals surface area contributed by atoms with Gasteiger partial charge in [-0.25, -0.2) is 19.3 Å². The van der Waals surface area contributed by atoms with Crippen molar-refractivity contribution in [2.75, 3.05) is 5.32 Å². The molecule has 5 heterocycles. The molecule has 0 saturated heterocycles. The lowest BCUT2D eigenvalue weighted by Crippen LogP contribution is -2.23. The van der Waals surface area contributed by atoms with E-state index in [1.54, 1.807) is 89.9 Å². The van der Waals surface area contributed by atoms with Gasteiger partial charge >= 0.3 is 0 Å². The zero-order chi connectivity index (χ0) is 27.6. The largest absolute Gasteiger partial charge is 0.324 e. The van der Waals surface area contributed by atoms with Gasteiger partial charge in [0.15, 0.2) is 11.5 Å². The van der Waals surface area contributed by atoms with E-state index in [1.807, 2.05) is 0 Å². The maximum atomic E-state index is 13.3. The van der Waals surface area contributed by atoms with E-state index in [4.69, 9.17) is 0 Å². The van der Waals surface area contributed by atoms with Crippen LogP contribution in [0.15, 0.2) is 124 Å². The molecule has 11 nitrogen and oxygen atoms in total. The van der Waals surface area contributed by atoms with E-state index in [2.05, 4.69) is 26.8 Å². The van der Waals surface area contributed by atoms with Gasteiger partial charge in [0.2, 0.25) is 5.95 Å². The Morgan fingerprint density at radius 1 is 0.775 bits per heavy atom. The smallest absolute Gasteiger partial charge is 0.278 e. The topological polar surface area (TPSA) is 122 Å². The lowest BCUT2D eigenvalue weighted by Gasteiger charge is -2.12. The first-order valence-corrected chi connectivity index (χ1v) is 12.3. The molecule has 0 spiro atoms. The molecule has 0 aliphatic rings. The van der Waals surface area contributed by atoms with Crippen LogP contribution in [0.25, 0.3) is 28.4 Å². The summed E-state index contributed by atoms with van der Waals surface area (Å²) in [5.74, 6) is 1.05. The minimum absolute atomic E-state index is 0.131. The van der Waals surface area contributed by atoms with E-state index in [0.717, 1.165) is 0 Å². The molecule has 40 heavy (non-hydrogen) atoms. The lowest BCUT2D eigenvalue weighted by molar-refractivity contribution is 0.596. The number of pyridine rings is 3. The second kappa shape index (κ2) is 10.1. The van der Waals surface area contributed by atoms with E-state index < -0.39 is 0 Å². The number of anilines is 2. The van der Waals surface area contributed by atoms with Gasteiger partial charge in [0.05, 0.1) is 6.54 Å². The van der Waals surface area contributed by atoms with Crippen molar-refractivity contribution in [3.05, 3.63) is 141 Å². The molecule has 0 amide bonds. The molecular formula is C29H22N8O3. The molecule has 0 saturated carbocycles. The van der Waals surface area contributed by atoms with Crippen molar-refractivity contribution in [2.24, 2.45) is 0 Å². The van der Waals surface area contributed by atoms with E-state index >= 15 is 0 Å². The summed E-state index contributed by atoms with van der Waals surface area (Å²) < 4.78 is 6.01. The fourth-order valence-electron chi connectivity index (χ4n) is 4.36. The zero-order valence-corrected chi connectivity index (χ0v) is 21.1. The Kier molecular flexibility index (Phi) is 6.21. The molecule has 0 unspecified atom stereocenters. The molecule has 0 aliphatic heterocycles. The van der Waals surface area contributed by atoms with Crippen molar-refractivity contribution in [3.8, 4) is 17.3 Å². The third-order valence-electron chi connectivity index (χ3n) is 6.21. The summed E-state index contributed by atoms with van der Waals surface area (Å²) in [5, 5.41) is 3.45. The minimum Gasteiger partial charge on any atom is -0.324 e. The molecule has 6 aromatic rings. The molecule has 11 heteroatoms. The maximum Gasteiger partial charge on any atom is 0.278 e. The van der Waals surface area contributed by atoms with Crippen LogP contribution in [0.5, 0.6) is 0 Å². The normalized spacial score (nSPS) is 11.0. The van der Waals surface area contributed by atoms with Crippen molar-refractivity contribution >= 4 is 22.7 Å². The van der Waals surface area contributed by atoms with Crippen LogP contribution in [-0.2, 0) is 6.54 Å². The number of hydrogen-bond acceptors (Lipinski definition) is 7. The fraction of sp³-hybridized carbons (Fsp3) is 0.0345. The Labute approximate surface area is 226 Å². The third-order valence-corrected chi connectivity index (χ3v) is 6.21. The second-order valence-electron chi connectivity index (χ2n) is 8.76. The lowest BCUT2D eigenvalue weighted by atomic mass is 10.2. The molecule has 5 aromatic heterocycles. The van der Waals surface area contributed by atoms with Gasteiger partial charge in [0.1, 0.15) is 11.2 Å². The number of nitrogens with zero attached hydrogens (tertiary/aromatic N) is 7. The molecule has 0 fully saturated rings. The number of benzene rings is 1. The molecule has 0 bridgehead atoms. The van der Waals surface area contributed by atoms with Crippen molar-refractivity contribution in [2.45, 2.75) is 6.54 Å². The highest BCUT2D eigenvalue weighted by atomic mass is 16.1. The Morgan fingerprint density at radius 3 is 2.17 bits per heavy atom. The highest BCUT2D eigenvalue weighted by molar-refractivity contribution is 5.77. The van der Waals surface area contributed by atoms with E-state index in [0.29, 0.717) is 34.0 Å². The summed E-state index contributed by atoms with van der Waals surface area (Å²) >= 11 is 0. The SMILES string of the molecule is C=CCn1c(=O)c2cnc(Nc3ccc(-n4ccccc4=O)cc3)nc2n1-c1cccc(-n2ccccc2=O)n1. The van der Waals surface area contributed by atoms with E-state index in [-0.39, 0.29) is 29.2 Å². The third kappa shape index (κ3) is 4.41. The summed E-state index contributed by atoms with van der Waals surface area (Å²) in [6.07, 6.45) is 6.40. The summed E-state index contributed by atoms with van der Waals surface area (Å²) in [6, 6.07) is 22.2. The van der Waals surface area contributed by atoms with Crippen LogP contribution in [0, 0.1) is 0 Å². The van der Waals surface area contributed by atoms with Crippen LogP contribution < -0.4 is 22.0 Å². The number of rotatable bonds is 7. The molecule has 1 aromatic carbocycles. The number of aromatic nitrogens is 7.